The number of carbonyl (C=O) groups is 4. The number of imide groups is 1. The first-order valence-electron chi connectivity index (χ1n) is 8.97. The average molecular weight is 373 g/mol. The molecule has 1 aromatic carbocycles. The molecule has 1 saturated heterocycles. The molecular formula is C19H23N3O5. The Kier molecular flexibility index (Phi) is 5.16. The Hall–Kier alpha value is -2.90. The summed E-state index contributed by atoms with van der Waals surface area (Å²) >= 11 is 0. The van der Waals surface area contributed by atoms with Gasteiger partial charge in [-0.15, -0.1) is 0 Å². The van der Waals surface area contributed by atoms with Crippen molar-refractivity contribution in [3.8, 4) is 0 Å². The number of rotatable bonds is 4. The van der Waals surface area contributed by atoms with Gasteiger partial charge >= 0.3 is 12.0 Å². The van der Waals surface area contributed by atoms with Gasteiger partial charge in [0.25, 0.3) is 5.91 Å². The van der Waals surface area contributed by atoms with E-state index in [0.29, 0.717) is 18.8 Å². The first-order valence-corrected chi connectivity index (χ1v) is 8.97. The van der Waals surface area contributed by atoms with Crippen molar-refractivity contribution in [1.29, 1.82) is 0 Å². The Morgan fingerprint density at radius 1 is 1.26 bits per heavy atom. The Bertz CT molecular complexity index is 783. The number of urea groups is 1. The summed E-state index contributed by atoms with van der Waals surface area (Å²) in [7, 11) is 1.25. The Labute approximate surface area is 157 Å². The lowest BCUT2D eigenvalue weighted by atomic mass is 9.77. The molecule has 0 atom stereocenters. The normalized spacial score (nSPS) is 24.7. The predicted molar refractivity (Wildman–Crippen MR) is 97.0 cm³/mol. The minimum absolute atomic E-state index is 0.197. The topological polar surface area (TPSA) is 105 Å². The summed E-state index contributed by atoms with van der Waals surface area (Å²) in [5.74, 6) is -0.976. The zero-order valence-corrected chi connectivity index (χ0v) is 15.4. The van der Waals surface area contributed by atoms with Crippen LogP contribution >= 0.6 is 0 Å². The maximum absolute atomic E-state index is 12.8. The van der Waals surface area contributed by atoms with Gasteiger partial charge in [-0.05, 0) is 43.7 Å². The first-order chi connectivity index (χ1) is 12.9. The third-order valence-corrected chi connectivity index (χ3v) is 5.28. The van der Waals surface area contributed by atoms with E-state index in [4.69, 9.17) is 4.74 Å². The lowest BCUT2D eigenvalue weighted by Gasteiger charge is -2.33. The maximum atomic E-state index is 12.8. The fourth-order valence-corrected chi connectivity index (χ4v) is 3.63. The number of hydrogen-bond donors (Lipinski definition) is 2. The lowest BCUT2D eigenvalue weighted by molar-refractivity contribution is -0.135. The molecule has 2 fully saturated rings. The third kappa shape index (κ3) is 3.65. The van der Waals surface area contributed by atoms with Crippen LogP contribution in [0.1, 0.15) is 43.0 Å². The molecule has 4 amide bonds. The van der Waals surface area contributed by atoms with Crippen molar-refractivity contribution in [2.24, 2.45) is 5.92 Å². The number of para-hydroxylation sites is 1. The highest BCUT2D eigenvalue weighted by Gasteiger charge is 2.52. The van der Waals surface area contributed by atoms with Crippen molar-refractivity contribution < 1.29 is 23.9 Å². The maximum Gasteiger partial charge on any atom is 0.339 e. The molecule has 1 heterocycles. The molecule has 27 heavy (non-hydrogen) atoms. The van der Waals surface area contributed by atoms with Gasteiger partial charge in [0.2, 0.25) is 5.91 Å². The molecule has 1 aromatic rings. The number of benzene rings is 1. The molecule has 1 saturated carbocycles. The summed E-state index contributed by atoms with van der Waals surface area (Å²) in [6.07, 6.45) is 2.89. The minimum Gasteiger partial charge on any atom is -0.465 e. The second-order valence-electron chi connectivity index (χ2n) is 7.17. The summed E-state index contributed by atoms with van der Waals surface area (Å²) < 4.78 is 4.69. The van der Waals surface area contributed by atoms with Crippen LogP contribution in [0.5, 0.6) is 0 Å². The molecule has 1 spiro atoms. The van der Waals surface area contributed by atoms with Crippen molar-refractivity contribution in [3.63, 3.8) is 0 Å². The summed E-state index contributed by atoms with van der Waals surface area (Å²) in [6.45, 7) is 1.72. The van der Waals surface area contributed by atoms with E-state index >= 15 is 0 Å². The van der Waals surface area contributed by atoms with Crippen LogP contribution in [0.3, 0.4) is 0 Å². The van der Waals surface area contributed by atoms with Gasteiger partial charge in [0.15, 0.2) is 0 Å². The van der Waals surface area contributed by atoms with E-state index in [2.05, 4.69) is 17.6 Å². The van der Waals surface area contributed by atoms with Crippen LogP contribution in [0.15, 0.2) is 24.3 Å². The summed E-state index contributed by atoms with van der Waals surface area (Å²) in [5, 5.41) is 5.36. The molecule has 144 valence electrons. The highest BCUT2D eigenvalue weighted by atomic mass is 16.5. The molecular weight excluding hydrogens is 350 g/mol. The van der Waals surface area contributed by atoms with E-state index < -0.39 is 30.0 Å². The summed E-state index contributed by atoms with van der Waals surface area (Å²) in [6, 6.07) is 5.83. The molecule has 8 heteroatoms. The first kappa shape index (κ1) is 18.9. The third-order valence-electron chi connectivity index (χ3n) is 5.28. The second-order valence-corrected chi connectivity index (χ2v) is 7.17. The van der Waals surface area contributed by atoms with E-state index in [9.17, 15) is 19.2 Å². The van der Waals surface area contributed by atoms with Crippen molar-refractivity contribution >= 4 is 29.5 Å². The highest BCUT2D eigenvalue weighted by molar-refractivity contribution is 6.10. The number of hydrogen-bond acceptors (Lipinski definition) is 5. The van der Waals surface area contributed by atoms with Crippen LogP contribution in [0.4, 0.5) is 10.5 Å². The average Bonchev–Trinajstić information content (AvgIpc) is 2.88. The molecule has 0 bridgehead atoms. The SMILES string of the molecule is COC(=O)c1ccccc1NC(=O)CN1C(=O)NC2(CCC(C)CC2)C1=O. The number of methoxy groups -OCH3 is 1. The predicted octanol–water partition coefficient (Wildman–Crippen LogP) is 1.91. The van der Waals surface area contributed by atoms with E-state index in [0.717, 1.165) is 17.7 Å². The van der Waals surface area contributed by atoms with Crippen molar-refractivity contribution in [2.75, 3.05) is 19.0 Å². The number of ether oxygens (including phenoxy) is 1. The van der Waals surface area contributed by atoms with Gasteiger partial charge < -0.3 is 15.4 Å². The number of nitrogens with one attached hydrogen (secondary N) is 2. The molecule has 0 radical (unpaired) electrons. The van der Waals surface area contributed by atoms with E-state index in [1.54, 1.807) is 18.2 Å². The minimum atomic E-state index is -0.881. The van der Waals surface area contributed by atoms with Crippen LogP contribution in [0.25, 0.3) is 0 Å². The fraction of sp³-hybridized carbons (Fsp3) is 0.474. The molecule has 3 rings (SSSR count). The molecule has 2 N–H and O–H groups in total. The van der Waals surface area contributed by atoms with Gasteiger partial charge in [0, 0.05) is 0 Å². The number of anilines is 1. The van der Waals surface area contributed by atoms with Gasteiger partial charge in [-0.3, -0.25) is 14.5 Å². The van der Waals surface area contributed by atoms with Crippen LogP contribution in [-0.4, -0.2) is 47.9 Å². The summed E-state index contributed by atoms with van der Waals surface area (Å²) in [4.78, 5) is 50.2. The van der Waals surface area contributed by atoms with Crippen LogP contribution in [0, 0.1) is 5.92 Å². The van der Waals surface area contributed by atoms with E-state index in [1.165, 1.54) is 13.2 Å². The zero-order valence-electron chi connectivity index (χ0n) is 15.4. The standard InChI is InChI=1S/C19H23N3O5/c1-12-7-9-19(10-8-12)17(25)22(18(26)21-19)11-15(23)20-14-6-4-3-5-13(14)16(24)27-2/h3-6,12H,7-11H2,1-2H3,(H,20,23)(H,21,26). The van der Waals surface area contributed by atoms with E-state index in [-0.39, 0.29) is 17.2 Å². The van der Waals surface area contributed by atoms with E-state index in [1.807, 2.05) is 0 Å². The molecule has 0 unspecified atom stereocenters. The lowest BCUT2D eigenvalue weighted by Crippen LogP contribution is -2.49. The Balaban J connectivity index is 1.69. The molecule has 0 aromatic heterocycles. The van der Waals surface area contributed by atoms with Crippen molar-refractivity contribution in [1.82, 2.24) is 10.2 Å². The number of esters is 1. The molecule has 1 aliphatic carbocycles. The highest BCUT2D eigenvalue weighted by Crippen LogP contribution is 2.36. The number of nitrogens with zero attached hydrogens (tertiary/aromatic N) is 1. The molecule has 8 nitrogen and oxygen atoms in total. The van der Waals surface area contributed by atoms with Gasteiger partial charge in [-0.2, -0.15) is 0 Å². The zero-order chi connectivity index (χ0) is 19.6. The quantitative estimate of drug-likeness (QED) is 0.620. The van der Waals surface area contributed by atoms with Gasteiger partial charge in [-0.1, -0.05) is 19.1 Å². The van der Waals surface area contributed by atoms with Crippen LogP contribution < -0.4 is 10.6 Å². The van der Waals surface area contributed by atoms with Gasteiger partial charge in [0.1, 0.15) is 12.1 Å². The second kappa shape index (κ2) is 7.38. The summed E-state index contributed by atoms with van der Waals surface area (Å²) in [5.41, 5.74) is -0.417. The number of amides is 4. The van der Waals surface area contributed by atoms with Gasteiger partial charge in [0.05, 0.1) is 18.4 Å². The van der Waals surface area contributed by atoms with Crippen molar-refractivity contribution in [3.05, 3.63) is 29.8 Å². The fourth-order valence-electron chi connectivity index (χ4n) is 3.63. The monoisotopic (exact) mass is 373 g/mol. The van der Waals surface area contributed by atoms with Gasteiger partial charge in [-0.25, -0.2) is 9.59 Å². The van der Waals surface area contributed by atoms with Crippen LogP contribution in [-0.2, 0) is 14.3 Å². The smallest absolute Gasteiger partial charge is 0.339 e. The van der Waals surface area contributed by atoms with Crippen molar-refractivity contribution in [2.45, 2.75) is 38.1 Å². The molecule has 1 aliphatic heterocycles. The molecule has 2 aliphatic rings. The largest absolute Gasteiger partial charge is 0.465 e. The Morgan fingerprint density at radius 3 is 2.59 bits per heavy atom. The Morgan fingerprint density at radius 2 is 1.93 bits per heavy atom. The van der Waals surface area contributed by atoms with Crippen LogP contribution in [0.2, 0.25) is 0 Å². The number of carbonyl (C=O) groups excluding carboxylic acids is 4.